The number of aromatic carboxylic acids is 1. The predicted octanol–water partition coefficient (Wildman–Crippen LogP) is 4.39. The van der Waals surface area contributed by atoms with Crippen LogP contribution < -0.4 is 11.1 Å². The molecule has 36 heavy (non-hydrogen) atoms. The van der Waals surface area contributed by atoms with E-state index in [1.165, 1.54) is 0 Å². The molecule has 1 heterocycles. The van der Waals surface area contributed by atoms with Crippen molar-refractivity contribution in [1.29, 1.82) is 0 Å². The summed E-state index contributed by atoms with van der Waals surface area (Å²) < 4.78 is 1.73. The van der Waals surface area contributed by atoms with E-state index >= 15 is 0 Å². The van der Waals surface area contributed by atoms with E-state index in [-0.39, 0.29) is 11.7 Å². The minimum atomic E-state index is -1.02. The van der Waals surface area contributed by atoms with Gasteiger partial charge in [-0.3, -0.25) is 4.79 Å². The number of benzene rings is 3. The summed E-state index contributed by atoms with van der Waals surface area (Å²) in [5.41, 5.74) is 9.32. The number of carboxylic acid groups (broad SMARTS) is 1. The van der Waals surface area contributed by atoms with Crippen LogP contribution in [0.4, 0.5) is 0 Å². The fourth-order valence-corrected chi connectivity index (χ4v) is 4.57. The van der Waals surface area contributed by atoms with Gasteiger partial charge in [-0.15, -0.1) is 0 Å². The number of carbonyl (C=O) groups excluding carboxylic acids is 1. The Bertz CT molecular complexity index is 1420. The first kappa shape index (κ1) is 25.4. The van der Waals surface area contributed by atoms with E-state index in [0.717, 1.165) is 27.6 Å². The molecule has 3 aromatic carbocycles. The summed E-state index contributed by atoms with van der Waals surface area (Å²) in [5.74, 6) is -1.55. The molecule has 4 aromatic rings. The van der Waals surface area contributed by atoms with E-state index in [0.29, 0.717) is 30.1 Å². The van der Waals surface area contributed by atoms with Crippen LogP contribution >= 0.6 is 11.6 Å². The number of halogens is 1. The Balaban J connectivity index is 1.49. The van der Waals surface area contributed by atoms with Crippen LogP contribution in [0.15, 0.2) is 72.8 Å². The Morgan fingerprint density at radius 3 is 2.53 bits per heavy atom. The van der Waals surface area contributed by atoms with Crippen LogP contribution in [0.5, 0.6) is 0 Å². The minimum Gasteiger partial charge on any atom is -0.477 e. The summed E-state index contributed by atoms with van der Waals surface area (Å²) in [6.45, 7) is 2.72. The first-order valence-electron chi connectivity index (χ1n) is 11.6. The van der Waals surface area contributed by atoms with Crippen LogP contribution in [0, 0.1) is 0 Å². The number of aliphatic hydroxyl groups excluding tert-OH is 1. The molecule has 0 spiro atoms. The average molecular weight is 506 g/mol. The number of nitrogens with two attached hydrogens (primary N) is 1. The van der Waals surface area contributed by atoms with Gasteiger partial charge in [0.25, 0.3) is 0 Å². The molecule has 5 N–H and O–H groups in total. The fraction of sp³-hybridized carbons (Fsp3) is 0.214. The topological polar surface area (TPSA) is 118 Å². The second-order valence-corrected chi connectivity index (χ2v) is 9.40. The van der Waals surface area contributed by atoms with E-state index in [1.807, 2.05) is 43.3 Å². The minimum absolute atomic E-state index is 0.0776. The number of nitrogens with one attached hydrogen (secondary N) is 1. The fourth-order valence-electron chi connectivity index (χ4n) is 4.37. The number of amides is 1. The van der Waals surface area contributed by atoms with Crippen molar-refractivity contribution >= 4 is 34.4 Å². The Morgan fingerprint density at radius 1 is 1.03 bits per heavy atom. The van der Waals surface area contributed by atoms with Crippen LogP contribution in [-0.2, 0) is 13.0 Å². The number of fused-ring (bicyclic) bond motifs is 1. The Labute approximate surface area is 214 Å². The molecule has 0 saturated carbocycles. The van der Waals surface area contributed by atoms with Crippen LogP contribution in [0.25, 0.3) is 10.9 Å². The number of aliphatic hydroxyl groups is 1. The number of carbonyl (C=O) groups is 2. The van der Waals surface area contributed by atoms with E-state index in [2.05, 4.69) is 5.32 Å². The number of aromatic nitrogens is 1. The molecule has 0 aliphatic carbocycles. The van der Waals surface area contributed by atoms with Crippen molar-refractivity contribution in [2.75, 3.05) is 6.54 Å². The van der Waals surface area contributed by atoms with Gasteiger partial charge >= 0.3 is 5.97 Å². The summed E-state index contributed by atoms with van der Waals surface area (Å²) in [5, 5.41) is 25.0. The lowest BCUT2D eigenvalue weighted by atomic mass is 10.0. The zero-order valence-electron chi connectivity index (χ0n) is 19.8. The molecule has 1 unspecified atom stereocenters. The zero-order chi connectivity index (χ0) is 25.8. The average Bonchev–Trinajstić information content (AvgIpc) is 3.20. The molecule has 0 aliphatic rings. The summed E-state index contributed by atoms with van der Waals surface area (Å²) in [6, 6.07) is 21.7. The van der Waals surface area contributed by atoms with Crippen molar-refractivity contribution < 1.29 is 19.8 Å². The van der Waals surface area contributed by atoms with E-state index < -0.39 is 18.0 Å². The molecule has 7 nitrogen and oxygen atoms in total. The first-order chi connectivity index (χ1) is 17.2. The van der Waals surface area contributed by atoms with Gasteiger partial charge in [-0.05, 0) is 72.5 Å². The highest BCUT2D eigenvalue weighted by Gasteiger charge is 2.17. The third kappa shape index (κ3) is 5.94. The second-order valence-electron chi connectivity index (χ2n) is 8.96. The van der Waals surface area contributed by atoms with Crippen molar-refractivity contribution in [1.82, 2.24) is 9.88 Å². The SMILES string of the molecule is CC(Cc1ccc2c(c1)cc(C(=O)O)n2Cc1cccc(C(N)=O)c1)NC[C@H](O)c1cccc(Cl)c1. The lowest BCUT2D eigenvalue weighted by Crippen LogP contribution is -2.32. The van der Waals surface area contributed by atoms with E-state index in [1.54, 1.807) is 41.0 Å². The summed E-state index contributed by atoms with van der Waals surface area (Å²) in [4.78, 5) is 23.5. The van der Waals surface area contributed by atoms with E-state index in [4.69, 9.17) is 17.3 Å². The molecule has 0 aliphatic heterocycles. The van der Waals surface area contributed by atoms with Gasteiger partial charge in [0.2, 0.25) is 5.91 Å². The molecule has 0 fully saturated rings. The molecule has 2 atom stereocenters. The van der Waals surface area contributed by atoms with Gasteiger partial charge in [-0.2, -0.15) is 0 Å². The molecule has 1 aromatic heterocycles. The van der Waals surface area contributed by atoms with Gasteiger partial charge in [0.15, 0.2) is 0 Å². The molecule has 0 bridgehead atoms. The Hall–Kier alpha value is -3.65. The van der Waals surface area contributed by atoms with E-state index in [9.17, 15) is 19.8 Å². The molecule has 0 saturated heterocycles. The van der Waals surface area contributed by atoms with Crippen LogP contribution in [-0.4, -0.2) is 39.2 Å². The van der Waals surface area contributed by atoms with Crippen LogP contribution in [0.1, 0.15) is 50.6 Å². The van der Waals surface area contributed by atoms with Crippen LogP contribution in [0.2, 0.25) is 5.02 Å². The number of hydrogen-bond donors (Lipinski definition) is 4. The maximum Gasteiger partial charge on any atom is 0.352 e. The predicted molar refractivity (Wildman–Crippen MR) is 141 cm³/mol. The molecular formula is C28H28ClN3O4. The zero-order valence-corrected chi connectivity index (χ0v) is 20.6. The molecular weight excluding hydrogens is 478 g/mol. The van der Waals surface area contributed by atoms with Gasteiger partial charge in [-0.25, -0.2) is 4.79 Å². The number of hydrogen-bond acceptors (Lipinski definition) is 4. The summed E-state index contributed by atoms with van der Waals surface area (Å²) >= 11 is 6.02. The maximum atomic E-state index is 12.0. The number of nitrogens with zero attached hydrogens (tertiary/aromatic N) is 1. The molecule has 1 amide bonds. The van der Waals surface area contributed by atoms with Crippen molar-refractivity contribution in [2.45, 2.75) is 32.0 Å². The highest BCUT2D eigenvalue weighted by molar-refractivity contribution is 6.30. The quantitative estimate of drug-likeness (QED) is 0.255. The van der Waals surface area contributed by atoms with Gasteiger partial charge in [-0.1, -0.05) is 41.9 Å². The summed E-state index contributed by atoms with van der Waals surface area (Å²) in [6.07, 6.45) is 0.0285. The van der Waals surface area contributed by atoms with Crippen molar-refractivity contribution in [3.05, 3.63) is 106 Å². The van der Waals surface area contributed by atoms with Gasteiger partial charge < -0.3 is 25.8 Å². The molecule has 186 valence electrons. The standard InChI is InChI=1S/C28H28ClN3O4/c1-17(31-15-26(33)20-5-3-7-23(29)13-20)10-18-8-9-24-22(11-18)14-25(28(35)36)32(24)16-19-4-2-6-21(12-19)27(30)34/h2-9,11-14,17,26,31,33H,10,15-16H2,1H3,(H2,30,34)(H,35,36)/t17?,26-/m0/s1. The molecule has 8 heteroatoms. The maximum absolute atomic E-state index is 12.0. The lowest BCUT2D eigenvalue weighted by Gasteiger charge is -2.18. The normalized spacial score (nSPS) is 13.0. The summed E-state index contributed by atoms with van der Waals surface area (Å²) in [7, 11) is 0. The smallest absolute Gasteiger partial charge is 0.352 e. The number of rotatable bonds is 10. The van der Waals surface area contributed by atoms with Gasteiger partial charge in [0.1, 0.15) is 5.69 Å². The number of primary amides is 1. The molecule has 4 rings (SSSR count). The molecule has 0 radical (unpaired) electrons. The monoisotopic (exact) mass is 505 g/mol. The van der Waals surface area contributed by atoms with Crippen molar-refractivity contribution in [2.24, 2.45) is 5.73 Å². The largest absolute Gasteiger partial charge is 0.477 e. The van der Waals surface area contributed by atoms with Crippen LogP contribution in [0.3, 0.4) is 0 Å². The lowest BCUT2D eigenvalue weighted by molar-refractivity contribution is 0.0686. The van der Waals surface area contributed by atoms with Gasteiger partial charge in [0, 0.05) is 40.6 Å². The number of carboxylic acids is 1. The highest BCUT2D eigenvalue weighted by atomic mass is 35.5. The van der Waals surface area contributed by atoms with Gasteiger partial charge in [0.05, 0.1) is 6.10 Å². The Morgan fingerprint density at radius 2 is 1.81 bits per heavy atom. The van der Waals surface area contributed by atoms with Crippen molar-refractivity contribution in [3.8, 4) is 0 Å². The Kier molecular flexibility index (Phi) is 7.74. The third-order valence-electron chi connectivity index (χ3n) is 6.17. The highest BCUT2D eigenvalue weighted by Crippen LogP contribution is 2.24. The van der Waals surface area contributed by atoms with Crippen molar-refractivity contribution in [3.63, 3.8) is 0 Å². The second kappa shape index (κ2) is 11.0. The third-order valence-corrected chi connectivity index (χ3v) is 6.41. The first-order valence-corrected chi connectivity index (χ1v) is 12.0.